The predicted octanol–water partition coefficient (Wildman–Crippen LogP) is 1.25. The number of nitrogens with one attached hydrogen (secondary N) is 1. The van der Waals surface area contributed by atoms with Gasteiger partial charge in [0.25, 0.3) is 10.2 Å². The van der Waals surface area contributed by atoms with Crippen LogP contribution in [0.2, 0.25) is 0 Å². The van der Waals surface area contributed by atoms with Crippen LogP contribution in [-0.2, 0) is 15.0 Å². The van der Waals surface area contributed by atoms with Crippen LogP contribution in [-0.4, -0.2) is 95.0 Å². The van der Waals surface area contributed by atoms with Gasteiger partial charge < -0.3 is 24.4 Å². The number of carbonyl (C=O) groups is 1. The molecule has 0 unspecified atom stereocenters. The van der Waals surface area contributed by atoms with E-state index in [1.165, 1.54) is 29.9 Å². The molecule has 1 aliphatic heterocycles. The molecule has 1 N–H and O–H groups in total. The van der Waals surface area contributed by atoms with Crippen molar-refractivity contribution < 1.29 is 27.4 Å². The van der Waals surface area contributed by atoms with E-state index in [2.05, 4.69) is 10.2 Å². The molecule has 0 atom stereocenters. The summed E-state index contributed by atoms with van der Waals surface area (Å²) in [6.45, 7) is 7.18. The first-order valence-corrected chi connectivity index (χ1v) is 11.8. The van der Waals surface area contributed by atoms with E-state index in [1.54, 1.807) is 12.1 Å². The fourth-order valence-electron chi connectivity index (χ4n) is 3.53. The third kappa shape index (κ3) is 6.22. The monoisotopic (exact) mass is 458 g/mol. The van der Waals surface area contributed by atoms with E-state index in [0.717, 1.165) is 0 Å². The van der Waals surface area contributed by atoms with Crippen molar-refractivity contribution in [3.8, 4) is 17.2 Å². The fraction of sp³-hybridized carbons (Fsp3) is 0.650. The normalized spacial score (nSPS) is 15.7. The molecule has 1 aromatic rings. The predicted molar refractivity (Wildman–Crippen MR) is 119 cm³/mol. The molecule has 2 rings (SSSR count). The van der Waals surface area contributed by atoms with Gasteiger partial charge in [0.15, 0.2) is 11.5 Å². The molecule has 176 valence electrons. The zero-order valence-corrected chi connectivity index (χ0v) is 19.8. The Kier molecular flexibility index (Phi) is 9.35. The van der Waals surface area contributed by atoms with E-state index in [1.807, 2.05) is 13.8 Å². The topological polar surface area (TPSA) is 101 Å². The summed E-state index contributed by atoms with van der Waals surface area (Å²) in [5.74, 6) is 1.23. The molecule has 10 nitrogen and oxygen atoms in total. The Morgan fingerprint density at radius 2 is 1.55 bits per heavy atom. The standard InChI is InChI=1S/C20H34N4O6S/c1-6-23(7-2)31(26,27)24-12-10-22(11-13-24)9-8-19(25)21-16-14-17(28-3)20(30-5)18(15-16)29-4/h14-15H,6-13H2,1-5H3,(H,21,25). The highest BCUT2D eigenvalue weighted by molar-refractivity contribution is 7.86. The average Bonchev–Trinajstić information content (AvgIpc) is 2.77. The summed E-state index contributed by atoms with van der Waals surface area (Å²) in [5.41, 5.74) is 0.551. The second kappa shape index (κ2) is 11.5. The van der Waals surface area contributed by atoms with Gasteiger partial charge in [0.2, 0.25) is 11.7 Å². The Morgan fingerprint density at radius 1 is 1.00 bits per heavy atom. The van der Waals surface area contributed by atoms with Gasteiger partial charge in [-0.2, -0.15) is 17.0 Å². The van der Waals surface area contributed by atoms with Crippen LogP contribution in [0.1, 0.15) is 20.3 Å². The Labute approximate surface area is 185 Å². The number of ether oxygens (including phenoxy) is 3. The molecule has 0 saturated carbocycles. The van der Waals surface area contributed by atoms with Crippen molar-refractivity contribution in [1.29, 1.82) is 0 Å². The summed E-state index contributed by atoms with van der Waals surface area (Å²) in [6.07, 6.45) is 0.291. The van der Waals surface area contributed by atoms with Gasteiger partial charge in [-0.15, -0.1) is 0 Å². The summed E-state index contributed by atoms with van der Waals surface area (Å²) in [7, 11) is 1.14. The van der Waals surface area contributed by atoms with Crippen molar-refractivity contribution in [2.45, 2.75) is 20.3 Å². The van der Waals surface area contributed by atoms with Crippen LogP contribution in [0.25, 0.3) is 0 Å². The van der Waals surface area contributed by atoms with Gasteiger partial charge in [0.1, 0.15) is 0 Å². The van der Waals surface area contributed by atoms with E-state index in [4.69, 9.17) is 14.2 Å². The number of anilines is 1. The molecule has 1 fully saturated rings. The van der Waals surface area contributed by atoms with Crippen molar-refractivity contribution in [3.05, 3.63) is 12.1 Å². The first kappa shape index (κ1) is 25.2. The Balaban J connectivity index is 1.88. The van der Waals surface area contributed by atoms with Crippen LogP contribution in [0, 0.1) is 0 Å². The van der Waals surface area contributed by atoms with Gasteiger partial charge in [0.05, 0.1) is 21.3 Å². The number of hydrogen-bond acceptors (Lipinski definition) is 7. The molecule has 0 radical (unpaired) electrons. The van der Waals surface area contributed by atoms with Crippen LogP contribution < -0.4 is 19.5 Å². The molecule has 1 aliphatic rings. The lowest BCUT2D eigenvalue weighted by molar-refractivity contribution is -0.116. The molecule has 1 saturated heterocycles. The number of rotatable bonds is 11. The van der Waals surface area contributed by atoms with Crippen LogP contribution in [0.15, 0.2) is 12.1 Å². The lowest BCUT2D eigenvalue weighted by Gasteiger charge is -2.36. The van der Waals surface area contributed by atoms with Gasteiger partial charge in [-0.05, 0) is 0 Å². The molecule has 0 aliphatic carbocycles. The van der Waals surface area contributed by atoms with E-state index in [0.29, 0.717) is 75.2 Å². The number of amides is 1. The number of hydrogen-bond donors (Lipinski definition) is 1. The molecule has 1 aromatic carbocycles. The van der Waals surface area contributed by atoms with E-state index in [9.17, 15) is 13.2 Å². The minimum absolute atomic E-state index is 0.146. The highest BCUT2D eigenvalue weighted by atomic mass is 32.2. The molecular weight excluding hydrogens is 424 g/mol. The average molecular weight is 459 g/mol. The largest absolute Gasteiger partial charge is 0.493 e. The number of methoxy groups -OCH3 is 3. The minimum atomic E-state index is -3.41. The first-order chi connectivity index (χ1) is 14.8. The van der Waals surface area contributed by atoms with E-state index >= 15 is 0 Å². The van der Waals surface area contributed by atoms with Gasteiger partial charge in [-0.1, -0.05) is 13.8 Å². The molecule has 1 amide bonds. The van der Waals surface area contributed by atoms with Gasteiger partial charge >= 0.3 is 0 Å². The quantitative estimate of drug-likeness (QED) is 0.533. The van der Waals surface area contributed by atoms with E-state index in [-0.39, 0.29) is 5.91 Å². The van der Waals surface area contributed by atoms with Crippen LogP contribution in [0.3, 0.4) is 0 Å². The second-order valence-corrected chi connectivity index (χ2v) is 8.97. The molecular formula is C20H34N4O6S. The molecule has 0 spiro atoms. The molecule has 0 bridgehead atoms. The smallest absolute Gasteiger partial charge is 0.282 e. The molecule has 0 aromatic heterocycles. The third-order valence-corrected chi connectivity index (χ3v) is 7.48. The number of piperazine rings is 1. The highest BCUT2D eigenvalue weighted by Crippen LogP contribution is 2.39. The maximum atomic E-state index is 12.6. The lowest BCUT2D eigenvalue weighted by atomic mass is 10.2. The zero-order valence-electron chi connectivity index (χ0n) is 19.0. The minimum Gasteiger partial charge on any atom is -0.493 e. The fourth-order valence-corrected chi connectivity index (χ4v) is 5.14. The van der Waals surface area contributed by atoms with Gasteiger partial charge in [0, 0.05) is 70.1 Å². The summed E-state index contributed by atoms with van der Waals surface area (Å²) in [4.78, 5) is 14.5. The maximum absolute atomic E-state index is 12.6. The summed E-state index contributed by atoms with van der Waals surface area (Å²) in [6, 6.07) is 3.35. The lowest BCUT2D eigenvalue weighted by Crippen LogP contribution is -2.53. The number of nitrogens with zero attached hydrogens (tertiary/aromatic N) is 3. The Morgan fingerprint density at radius 3 is 2.00 bits per heavy atom. The SMILES string of the molecule is CCN(CC)S(=O)(=O)N1CCN(CCC(=O)Nc2cc(OC)c(OC)c(OC)c2)CC1. The number of benzene rings is 1. The van der Waals surface area contributed by atoms with Crippen LogP contribution >= 0.6 is 0 Å². The van der Waals surface area contributed by atoms with Crippen molar-refractivity contribution in [2.24, 2.45) is 0 Å². The third-order valence-electron chi connectivity index (χ3n) is 5.29. The van der Waals surface area contributed by atoms with Gasteiger partial charge in [-0.3, -0.25) is 4.79 Å². The van der Waals surface area contributed by atoms with Crippen molar-refractivity contribution in [2.75, 3.05) is 72.5 Å². The van der Waals surface area contributed by atoms with Crippen molar-refractivity contribution >= 4 is 21.8 Å². The maximum Gasteiger partial charge on any atom is 0.282 e. The molecule has 31 heavy (non-hydrogen) atoms. The van der Waals surface area contributed by atoms with E-state index < -0.39 is 10.2 Å². The van der Waals surface area contributed by atoms with Crippen molar-refractivity contribution in [1.82, 2.24) is 13.5 Å². The molecule has 1 heterocycles. The second-order valence-electron chi connectivity index (χ2n) is 7.04. The zero-order chi connectivity index (χ0) is 23.0. The summed E-state index contributed by atoms with van der Waals surface area (Å²) in [5, 5.41) is 2.85. The van der Waals surface area contributed by atoms with Crippen LogP contribution in [0.4, 0.5) is 5.69 Å². The Hall–Kier alpha value is -2.08. The van der Waals surface area contributed by atoms with Crippen LogP contribution in [0.5, 0.6) is 17.2 Å². The summed E-state index contributed by atoms with van der Waals surface area (Å²) >= 11 is 0. The number of carbonyl (C=O) groups excluding carboxylic acids is 1. The first-order valence-electron chi connectivity index (χ1n) is 10.4. The Bertz CT molecular complexity index is 811. The highest BCUT2D eigenvalue weighted by Gasteiger charge is 2.30. The summed E-state index contributed by atoms with van der Waals surface area (Å²) < 4.78 is 44.1. The van der Waals surface area contributed by atoms with Gasteiger partial charge in [-0.25, -0.2) is 0 Å². The van der Waals surface area contributed by atoms with Crippen molar-refractivity contribution in [3.63, 3.8) is 0 Å². The molecule has 11 heteroatoms.